The average Bonchev–Trinajstić information content (AvgIpc) is 3.29. The van der Waals surface area contributed by atoms with E-state index in [1.807, 2.05) is 0 Å². The first-order valence-corrected chi connectivity index (χ1v) is 10.5. The Hall–Kier alpha value is -2.96. The summed E-state index contributed by atoms with van der Waals surface area (Å²) in [6.07, 6.45) is 0. The summed E-state index contributed by atoms with van der Waals surface area (Å²) in [7, 11) is 0. The van der Waals surface area contributed by atoms with Crippen molar-refractivity contribution >= 4 is 57.2 Å². The number of amides is 2. The van der Waals surface area contributed by atoms with Crippen molar-refractivity contribution in [1.29, 1.82) is 0 Å². The molecule has 30 heavy (non-hydrogen) atoms. The summed E-state index contributed by atoms with van der Waals surface area (Å²) in [6, 6.07) is 6.34. The summed E-state index contributed by atoms with van der Waals surface area (Å²) in [5.41, 5.74) is 1.04. The minimum absolute atomic E-state index is 0.0978. The summed E-state index contributed by atoms with van der Waals surface area (Å²) in [5, 5.41) is 13.1. The van der Waals surface area contributed by atoms with Crippen molar-refractivity contribution in [3.05, 3.63) is 63.0 Å². The third kappa shape index (κ3) is 4.61. The Bertz CT molecular complexity index is 1300. The lowest BCUT2D eigenvalue weighted by atomic mass is 10.3. The van der Waals surface area contributed by atoms with Gasteiger partial charge in [0.15, 0.2) is 9.99 Å². The van der Waals surface area contributed by atoms with Gasteiger partial charge in [-0.3, -0.25) is 10.1 Å². The molecular weight excluding hydrogens is 455 g/mol. The lowest BCUT2D eigenvalue weighted by Crippen LogP contribution is -2.19. The van der Waals surface area contributed by atoms with E-state index in [1.165, 1.54) is 30.0 Å². The van der Waals surface area contributed by atoms with Crippen LogP contribution in [0.2, 0.25) is 5.02 Å². The number of nitrogens with zero attached hydrogens (tertiary/aromatic N) is 4. The summed E-state index contributed by atoms with van der Waals surface area (Å²) in [6.45, 7) is 1.74. The fraction of sp³-hybridized carbons (Fsp3) is 0.118. The highest BCUT2D eigenvalue weighted by Crippen LogP contribution is 2.28. The van der Waals surface area contributed by atoms with Gasteiger partial charge < -0.3 is 9.84 Å². The molecule has 4 rings (SSSR count). The molecule has 2 N–H and O–H groups in total. The van der Waals surface area contributed by atoms with Gasteiger partial charge in [0.05, 0.1) is 10.7 Å². The number of benzene rings is 1. The number of carbonyl (C=O) groups is 1. The molecular formula is C17H12ClFN6O3S2. The number of hydrogen-bond acceptors (Lipinski definition) is 8. The van der Waals surface area contributed by atoms with Gasteiger partial charge in [0.2, 0.25) is 5.13 Å². The Morgan fingerprint density at radius 3 is 2.93 bits per heavy atom. The number of carbonyl (C=O) groups excluding carboxylic acids is 1. The average molecular weight is 467 g/mol. The van der Waals surface area contributed by atoms with Gasteiger partial charge in [-0.05, 0) is 25.1 Å². The number of halogens is 2. The third-order valence-electron chi connectivity index (χ3n) is 3.67. The maximum atomic E-state index is 13.2. The fourth-order valence-corrected chi connectivity index (χ4v) is 4.26. The van der Waals surface area contributed by atoms with E-state index in [4.69, 9.17) is 16.1 Å². The normalized spacial score (nSPS) is 11.0. The van der Waals surface area contributed by atoms with Crippen molar-refractivity contribution < 1.29 is 13.7 Å². The van der Waals surface area contributed by atoms with E-state index in [2.05, 4.69) is 25.8 Å². The molecule has 9 nitrogen and oxygen atoms in total. The Balaban J connectivity index is 1.36. The molecule has 4 aromatic rings. The molecule has 1 aromatic carbocycles. The first-order chi connectivity index (χ1) is 14.4. The van der Waals surface area contributed by atoms with Crippen LogP contribution >= 0.6 is 34.7 Å². The minimum Gasteiger partial charge on any atom is -0.375 e. The van der Waals surface area contributed by atoms with Gasteiger partial charge in [-0.1, -0.05) is 34.7 Å². The zero-order valence-electron chi connectivity index (χ0n) is 15.2. The first-order valence-electron chi connectivity index (χ1n) is 8.36. The molecule has 3 heterocycles. The van der Waals surface area contributed by atoms with Crippen LogP contribution in [-0.4, -0.2) is 25.8 Å². The van der Waals surface area contributed by atoms with Crippen LogP contribution in [-0.2, 0) is 5.75 Å². The SMILES string of the molecule is Cc1cc2nc(CSc3nnc(NC(=O)Nc4ccc(F)c(Cl)c4)s3)cc(=O)n2o1. The topological polar surface area (TPSA) is 114 Å². The van der Waals surface area contributed by atoms with Crippen LogP contribution in [0.15, 0.2) is 44.0 Å². The van der Waals surface area contributed by atoms with Crippen LogP contribution in [0.25, 0.3) is 5.65 Å². The standard InChI is InChI=1S/C17H12ClFN6O3S2/c1-8-4-13-20-10(6-14(26)25(13)28-8)7-29-17-24-23-16(30-17)22-15(27)21-9-2-3-12(19)11(18)5-9/h2-6H,7H2,1H3,(H2,21,22,23,27). The molecule has 0 fully saturated rings. The van der Waals surface area contributed by atoms with Crippen LogP contribution in [0.3, 0.4) is 0 Å². The maximum absolute atomic E-state index is 13.2. The van der Waals surface area contributed by atoms with E-state index in [1.54, 1.807) is 13.0 Å². The monoisotopic (exact) mass is 466 g/mol. The summed E-state index contributed by atoms with van der Waals surface area (Å²) < 4.78 is 20.1. The molecule has 0 spiro atoms. The van der Waals surface area contributed by atoms with Crippen LogP contribution in [0.1, 0.15) is 11.5 Å². The Kier molecular flexibility index (Phi) is 5.70. The van der Waals surface area contributed by atoms with Crippen molar-refractivity contribution in [2.45, 2.75) is 17.0 Å². The van der Waals surface area contributed by atoms with Gasteiger partial charge in [0.25, 0.3) is 5.56 Å². The molecule has 0 aliphatic rings. The molecule has 2 amide bonds. The molecule has 0 bridgehead atoms. The highest BCUT2D eigenvalue weighted by atomic mass is 35.5. The Morgan fingerprint density at radius 1 is 1.30 bits per heavy atom. The second-order valence-electron chi connectivity index (χ2n) is 5.95. The fourth-order valence-electron chi connectivity index (χ4n) is 2.44. The van der Waals surface area contributed by atoms with Crippen LogP contribution < -0.4 is 16.2 Å². The molecule has 0 atom stereocenters. The van der Waals surface area contributed by atoms with E-state index >= 15 is 0 Å². The second-order valence-corrected chi connectivity index (χ2v) is 8.56. The van der Waals surface area contributed by atoms with E-state index < -0.39 is 11.8 Å². The highest BCUT2D eigenvalue weighted by Gasteiger charge is 2.12. The lowest BCUT2D eigenvalue weighted by molar-refractivity contribution is 0.262. The molecule has 0 unspecified atom stereocenters. The predicted octanol–water partition coefficient (Wildman–Crippen LogP) is 4.18. The Morgan fingerprint density at radius 2 is 2.13 bits per heavy atom. The molecule has 0 radical (unpaired) electrons. The van der Waals surface area contributed by atoms with E-state index in [-0.39, 0.29) is 15.7 Å². The zero-order chi connectivity index (χ0) is 21.3. The number of thioether (sulfide) groups is 1. The molecule has 0 aliphatic heterocycles. The van der Waals surface area contributed by atoms with Gasteiger partial charge in [-0.2, -0.15) is 0 Å². The first kappa shape index (κ1) is 20.3. The summed E-state index contributed by atoms with van der Waals surface area (Å²) in [5.74, 6) is 0.406. The highest BCUT2D eigenvalue weighted by molar-refractivity contribution is 8.00. The van der Waals surface area contributed by atoms with Crippen LogP contribution in [0.5, 0.6) is 0 Å². The number of rotatable bonds is 5. The van der Waals surface area contributed by atoms with Crippen LogP contribution in [0.4, 0.5) is 20.0 Å². The number of urea groups is 1. The van der Waals surface area contributed by atoms with Crippen molar-refractivity contribution in [1.82, 2.24) is 19.8 Å². The van der Waals surface area contributed by atoms with Crippen molar-refractivity contribution in [3.8, 4) is 0 Å². The van der Waals surface area contributed by atoms with E-state index in [9.17, 15) is 14.0 Å². The van der Waals surface area contributed by atoms with Gasteiger partial charge in [0.1, 0.15) is 11.6 Å². The Labute approximate surface area is 181 Å². The number of nitrogens with one attached hydrogen (secondary N) is 2. The largest absolute Gasteiger partial charge is 0.375 e. The maximum Gasteiger partial charge on any atom is 0.325 e. The number of anilines is 2. The lowest BCUT2D eigenvalue weighted by Gasteiger charge is -2.05. The van der Waals surface area contributed by atoms with Gasteiger partial charge in [0, 0.05) is 23.6 Å². The van der Waals surface area contributed by atoms with Crippen molar-refractivity contribution in [2.75, 3.05) is 10.6 Å². The molecule has 3 aromatic heterocycles. The quantitative estimate of drug-likeness (QED) is 0.335. The van der Waals surface area contributed by atoms with E-state index in [0.717, 1.165) is 22.0 Å². The van der Waals surface area contributed by atoms with Gasteiger partial charge >= 0.3 is 6.03 Å². The number of fused-ring (bicyclic) bond motifs is 1. The van der Waals surface area contributed by atoms with Crippen LogP contribution in [0, 0.1) is 12.7 Å². The second kappa shape index (κ2) is 8.42. The smallest absolute Gasteiger partial charge is 0.325 e. The van der Waals surface area contributed by atoms with Crippen molar-refractivity contribution in [2.24, 2.45) is 0 Å². The number of aromatic nitrogens is 4. The zero-order valence-corrected chi connectivity index (χ0v) is 17.6. The summed E-state index contributed by atoms with van der Waals surface area (Å²) in [4.78, 5) is 28.5. The molecule has 0 saturated carbocycles. The van der Waals surface area contributed by atoms with Gasteiger partial charge in [-0.15, -0.1) is 14.8 Å². The van der Waals surface area contributed by atoms with E-state index in [0.29, 0.717) is 32.9 Å². The van der Waals surface area contributed by atoms with Gasteiger partial charge in [-0.25, -0.2) is 14.2 Å². The third-order valence-corrected chi connectivity index (χ3v) is 5.97. The molecule has 13 heteroatoms. The number of aryl methyl sites for hydroxylation is 1. The predicted molar refractivity (Wildman–Crippen MR) is 112 cm³/mol. The summed E-state index contributed by atoms with van der Waals surface area (Å²) >= 11 is 8.18. The molecule has 154 valence electrons. The molecule has 0 saturated heterocycles. The molecule has 0 aliphatic carbocycles. The number of hydrogen-bond donors (Lipinski definition) is 2. The minimum atomic E-state index is -0.576. The van der Waals surface area contributed by atoms with Crippen molar-refractivity contribution in [3.63, 3.8) is 0 Å².